The van der Waals surface area contributed by atoms with Crippen LogP contribution >= 0.6 is 0 Å². The lowest BCUT2D eigenvalue weighted by atomic mass is 10.1. The molecule has 124 valence electrons. The zero-order valence-corrected chi connectivity index (χ0v) is 13.2. The summed E-state index contributed by atoms with van der Waals surface area (Å²) < 4.78 is 15.9. The van der Waals surface area contributed by atoms with Crippen LogP contribution in [0.4, 0.5) is 0 Å². The fraction of sp³-hybridized carbons (Fsp3) is 0.111. The summed E-state index contributed by atoms with van der Waals surface area (Å²) in [5.41, 5.74) is 0.919. The number of ether oxygens (including phenoxy) is 3. The third-order valence-electron chi connectivity index (χ3n) is 3.11. The Balaban J connectivity index is 2.38. The number of carboxylic acid groups (broad SMARTS) is 1. The maximum Gasteiger partial charge on any atom is 0.343 e. The van der Waals surface area contributed by atoms with E-state index >= 15 is 0 Å². The average Bonchev–Trinajstić information content (AvgIpc) is 2.61. The van der Waals surface area contributed by atoms with Gasteiger partial charge >= 0.3 is 11.9 Å². The van der Waals surface area contributed by atoms with Crippen LogP contribution < -0.4 is 14.2 Å². The van der Waals surface area contributed by atoms with Crippen LogP contribution in [0.2, 0.25) is 0 Å². The molecule has 0 aliphatic rings. The van der Waals surface area contributed by atoms with Gasteiger partial charge in [-0.05, 0) is 35.9 Å². The summed E-state index contributed by atoms with van der Waals surface area (Å²) in [5, 5.41) is 8.71. The Kier molecular flexibility index (Phi) is 5.57. The molecular formula is C18H16O6. The van der Waals surface area contributed by atoms with Gasteiger partial charge in [-0.3, -0.25) is 0 Å². The number of rotatable bonds is 6. The van der Waals surface area contributed by atoms with Gasteiger partial charge in [-0.25, -0.2) is 9.59 Å². The molecule has 0 saturated carbocycles. The highest BCUT2D eigenvalue weighted by Crippen LogP contribution is 2.39. The Morgan fingerprint density at radius 1 is 1.00 bits per heavy atom. The molecule has 6 heteroatoms. The molecule has 2 aromatic carbocycles. The van der Waals surface area contributed by atoms with Gasteiger partial charge in [0.15, 0.2) is 11.5 Å². The highest BCUT2D eigenvalue weighted by Gasteiger charge is 2.18. The lowest BCUT2D eigenvalue weighted by Gasteiger charge is -2.14. The highest BCUT2D eigenvalue weighted by molar-refractivity contribution is 5.92. The van der Waals surface area contributed by atoms with E-state index in [9.17, 15) is 9.59 Å². The molecule has 0 unspecified atom stereocenters. The van der Waals surface area contributed by atoms with Crippen molar-refractivity contribution in [1.82, 2.24) is 0 Å². The zero-order chi connectivity index (χ0) is 17.5. The number of methoxy groups -OCH3 is 2. The summed E-state index contributed by atoms with van der Waals surface area (Å²) in [6, 6.07) is 11.6. The minimum atomic E-state index is -1.08. The van der Waals surface area contributed by atoms with Crippen molar-refractivity contribution >= 4 is 18.0 Å². The van der Waals surface area contributed by atoms with Crippen LogP contribution in [0.5, 0.6) is 17.2 Å². The maximum absolute atomic E-state index is 12.2. The Bertz CT molecular complexity index is 739. The van der Waals surface area contributed by atoms with Crippen LogP contribution in [0.1, 0.15) is 15.9 Å². The standard InChI is InChI=1S/C18H16O6/c1-22-14-10-12(8-9-16(19)20)11-15(23-2)17(14)24-18(21)13-6-4-3-5-7-13/h3-11H,1-2H3,(H,19,20)/b9-8+. The predicted octanol–water partition coefficient (Wildman–Crippen LogP) is 3.02. The quantitative estimate of drug-likeness (QED) is 0.499. The van der Waals surface area contributed by atoms with E-state index in [1.165, 1.54) is 20.3 Å². The van der Waals surface area contributed by atoms with Crippen molar-refractivity contribution in [2.75, 3.05) is 14.2 Å². The highest BCUT2D eigenvalue weighted by atomic mass is 16.6. The largest absolute Gasteiger partial charge is 0.493 e. The first-order valence-corrected chi connectivity index (χ1v) is 6.99. The van der Waals surface area contributed by atoms with Crippen molar-refractivity contribution in [3.8, 4) is 17.2 Å². The second-order valence-corrected chi connectivity index (χ2v) is 4.68. The van der Waals surface area contributed by atoms with E-state index in [-0.39, 0.29) is 17.2 Å². The summed E-state index contributed by atoms with van der Waals surface area (Å²) in [4.78, 5) is 22.9. The Morgan fingerprint density at radius 2 is 1.58 bits per heavy atom. The van der Waals surface area contributed by atoms with Gasteiger partial charge < -0.3 is 19.3 Å². The molecule has 0 atom stereocenters. The Morgan fingerprint density at radius 3 is 2.08 bits per heavy atom. The SMILES string of the molecule is COc1cc(/C=C/C(=O)O)cc(OC)c1OC(=O)c1ccccc1. The van der Waals surface area contributed by atoms with Crippen molar-refractivity contribution in [3.05, 3.63) is 59.7 Å². The molecule has 1 N–H and O–H groups in total. The molecule has 0 spiro atoms. The molecule has 6 nitrogen and oxygen atoms in total. The number of carbonyl (C=O) groups is 2. The van der Waals surface area contributed by atoms with Crippen LogP contribution in [0.3, 0.4) is 0 Å². The van der Waals surface area contributed by atoms with Crippen molar-refractivity contribution in [2.45, 2.75) is 0 Å². The number of aliphatic carboxylic acids is 1. The molecule has 0 radical (unpaired) electrons. The number of hydrogen-bond donors (Lipinski definition) is 1. The molecule has 0 heterocycles. The van der Waals surface area contributed by atoms with Gasteiger partial charge in [0.25, 0.3) is 0 Å². The van der Waals surface area contributed by atoms with Crippen LogP contribution in [0, 0.1) is 0 Å². The Hall–Kier alpha value is -3.28. The van der Waals surface area contributed by atoms with E-state index in [0.717, 1.165) is 6.08 Å². The number of benzene rings is 2. The van der Waals surface area contributed by atoms with E-state index in [2.05, 4.69) is 0 Å². The minimum Gasteiger partial charge on any atom is -0.493 e. The van der Waals surface area contributed by atoms with Gasteiger partial charge in [0, 0.05) is 6.08 Å². The van der Waals surface area contributed by atoms with Gasteiger partial charge in [0.1, 0.15) is 0 Å². The van der Waals surface area contributed by atoms with Crippen molar-refractivity contribution in [3.63, 3.8) is 0 Å². The van der Waals surface area contributed by atoms with Crippen molar-refractivity contribution in [1.29, 1.82) is 0 Å². The topological polar surface area (TPSA) is 82.1 Å². The van der Waals surface area contributed by atoms with Gasteiger partial charge in [0.05, 0.1) is 19.8 Å². The number of hydrogen-bond acceptors (Lipinski definition) is 5. The first-order chi connectivity index (χ1) is 11.5. The molecule has 0 fully saturated rings. The Labute approximate surface area is 138 Å². The number of esters is 1. The maximum atomic E-state index is 12.2. The fourth-order valence-electron chi connectivity index (χ4n) is 1.99. The molecule has 0 saturated heterocycles. The molecule has 0 aliphatic heterocycles. The normalized spacial score (nSPS) is 10.4. The molecule has 2 aromatic rings. The second-order valence-electron chi connectivity index (χ2n) is 4.68. The second kappa shape index (κ2) is 7.82. The number of carbonyl (C=O) groups excluding carboxylic acids is 1. The molecule has 0 amide bonds. The van der Waals surface area contributed by atoms with E-state index < -0.39 is 11.9 Å². The monoisotopic (exact) mass is 328 g/mol. The lowest BCUT2D eigenvalue weighted by Crippen LogP contribution is -2.10. The van der Waals surface area contributed by atoms with E-state index in [1.807, 2.05) is 0 Å². The van der Waals surface area contributed by atoms with Crippen molar-refractivity contribution < 1.29 is 28.9 Å². The molecule has 0 bridgehead atoms. The molecular weight excluding hydrogens is 312 g/mol. The molecule has 0 aromatic heterocycles. The summed E-state index contributed by atoms with van der Waals surface area (Å²) in [5.74, 6) is -0.998. The van der Waals surface area contributed by atoms with E-state index in [1.54, 1.807) is 42.5 Å². The first kappa shape index (κ1) is 17.1. The number of carboxylic acids is 1. The van der Waals surface area contributed by atoms with E-state index in [4.69, 9.17) is 19.3 Å². The predicted molar refractivity (Wildman–Crippen MR) is 87.6 cm³/mol. The minimum absolute atomic E-state index is 0.126. The average molecular weight is 328 g/mol. The van der Waals surface area contributed by atoms with Crippen molar-refractivity contribution in [2.24, 2.45) is 0 Å². The lowest BCUT2D eigenvalue weighted by molar-refractivity contribution is -0.131. The fourth-order valence-corrected chi connectivity index (χ4v) is 1.99. The summed E-state index contributed by atoms with van der Waals surface area (Å²) in [6.45, 7) is 0. The van der Waals surface area contributed by atoms with Gasteiger partial charge in [-0.1, -0.05) is 18.2 Å². The first-order valence-electron chi connectivity index (χ1n) is 6.99. The molecule has 2 rings (SSSR count). The third kappa shape index (κ3) is 4.13. The van der Waals surface area contributed by atoms with Crippen LogP contribution in [0.15, 0.2) is 48.5 Å². The van der Waals surface area contributed by atoms with Gasteiger partial charge in [-0.2, -0.15) is 0 Å². The summed E-state index contributed by atoms with van der Waals surface area (Å²) in [6.07, 6.45) is 2.38. The van der Waals surface area contributed by atoms with Gasteiger partial charge in [-0.15, -0.1) is 0 Å². The zero-order valence-electron chi connectivity index (χ0n) is 13.2. The van der Waals surface area contributed by atoms with Crippen LogP contribution in [-0.2, 0) is 4.79 Å². The van der Waals surface area contributed by atoms with Gasteiger partial charge in [0.2, 0.25) is 5.75 Å². The molecule has 0 aliphatic carbocycles. The van der Waals surface area contributed by atoms with Crippen LogP contribution in [0.25, 0.3) is 6.08 Å². The third-order valence-corrected chi connectivity index (χ3v) is 3.11. The molecule has 24 heavy (non-hydrogen) atoms. The van der Waals surface area contributed by atoms with E-state index in [0.29, 0.717) is 11.1 Å². The summed E-state index contributed by atoms with van der Waals surface area (Å²) in [7, 11) is 2.83. The van der Waals surface area contributed by atoms with Crippen LogP contribution in [-0.4, -0.2) is 31.3 Å². The summed E-state index contributed by atoms with van der Waals surface area (Å²) >= 11 is 0. The smallest absolute Gasteiger partial charge is 0.343 e.